The van der Waals surface area contributed by atoms with Crippen molar-refractivity contribution in [3.8, 4) is 0 Å². The summed E-state index contributed by atoms with van der Waals surface area (Å²) < 4.78 is 0. The maximum absolute atomic E-state index is 10.2. The molecule has 4 atom stereocenters. The van der Waals surface area contributed by atoms with Crippen LogP contribution in [0.25, 0.3) is 0 Å². The van der Waals surface area contributed by atoms with E-state index in [2.05, 4.69) is 27.7 Å². The number of fused-ring (bicyclic) bond motifs is 1. The summed E-state index contributed by atoms with van der Waals surface area (Å²) in [6.45, 7) is 9.61. The monoisotopic (exact) mass is 224 g/mol. The summed E-state index contributed by atoms with van der Waals surface area (Å²) in [7, 11) is 0. The molecule has 1 nitrogen and oxygen atoms in total. The Hall–Kier alpha value is -0.0400. The SMILES string of the molecule is CCC(C)(C)C1CCC2[C@@H](O)CCC[C@@]21C. The molecule has 16 heavy (non-hydrogen) atoms. The fourth-order valence-electron chi connectivity index (χ4n) is 4.68. The van der Waals surface area contributed by atoms with E-state index < -0.39 is 0 Å². The first kappa shape index (κ1) is 12.4. The van der Waals surface area contributed by atoms with Gasteiger partial charge in [0.1, 0.15) is 0 Å². The summed E-state index contributed by atoms with van der Waals surface area (Å²) in [5.41, 5.74) is 0.859. The fraction of sp³-hybridized carbons (Fsp3) is 1.00. The fourth-order valence-corrected chi connectivity index (χ4v) is 4.68. The van der Waals surface area contributed by atoms with E-state index in [-0.39, 0.29) is 6.10 Å². The van der Waals surface area contributed by atoms with Crippen molar-refractivity contribution >= 4 is 0 Å². The lowest BCUT2D eigenvalue weighted by Gasteiger charge is -2.48. The molecule has 0 bridgehead atoms. The molecule has 1 N–H and O–H groups in total. The second-order valence-electron chi connectivity index (χ2n) is 7.04. The van der Waals surface area contributed by atoms with E-state index >= 15 is 0 Å². The zero-order chi connectivity index (χ0) is 12.0. The highest BCUT2D eigenvalue weighted by Gasteiger charge is 2.54. The zero-order valence-corrected chi connectivity index (χ0v) is 11.4. The van der Waals surface area contributed by atoms with Crippen molar-refractivity contribution < 1.29 is 5.11 Å². The molecule has 2 saturated carbocycles. The van der Waals surface area contributed by atoms with Crippen molar-refractivity contribution in [2.75, 3.05) is 0 Å². The lowest BCUT2D eigenvalue weighted by Crippen LogP contribution is -2.43. The highest BCUT2D eigenvalue weighted by molar-refractivity contribution is 5.04. The molecule has 2 aliphatic carbocycles. The molecule has 0 spiro atoms. The predicted molar refractivity (Wildman–Crippen MR) is 68.3 cm³/mol. The largest absolute Gasteiger partial charge is 0.393 e. The molecule has 2 rings (SSSR count). The molecule has 2 unspecified atom stereocenters. The van der Waals surface area contributed by atoms with Gasteiger partial charge in [-0.3, -0.25) is 0 Å². The van der Waals surface area contributed by atoms with Crippen molar-refractivity contribution in [2.24, 2.45) is 22.7 Å². The van der Waals surface area contributed by atoms with Crippen LogP contribution in [0.2, 0.25) is 0 Å². The van der Waals surface area contributed by atoms with Gasteiger partial charge in [-0.15, -0.1) is 0 Å². The molecule has 0 radical (unpaired) electrons. The van der Waals surface area contributed by atoms with Crippen molar-refractivity contribution in [1.29, 1.82) is 0 Å². The molecule has 0 aromatic rings. The molecular formula is C15H28O. The Morgan fingerprint density at radius 3 is 2.56 bits per heavy atom. The Morgan fingerprint density at radius 2 is 1.94 bits per heavy atom. The van der Waals surface area contributed by atoms with Crippen molar-refractivity contribution in [2.45, 2.75) is 72.3 Å². The minimum Gasteiger partial charge on any atom is -0.393 e. The second kappa shape index (κ2) is 4.01. The first-order chi connectivity index (χ1) is 7.42. The molecule has 2 fully saturated rings. The predicted octanol–water partition coefficient (Wildman–Crippen LogP) is 4.00. The zero-order valence-electron chi connectivity index (χ0n) is 11.4. The van der Waals surface area contributed by atoms with Gasteiger partial charge in [-0.25, -0.2) is 0 Å². The number of hydrogen-bond donors (Lipinski definition) is 1. The van der Waals surface area contributed by atoms with Crippen LogP contribution in [0.3, 0.4) is 0 Å². The smallest absolute Gasteiger partial charge is 0.0573 e. The van der Waals surface area contributed by atoms with Crippen LogP contribution < -0.4 is 0 Å². The normalized spacial score (nSPS) is 44.4. The standard InChI is InChI=1S/C15H28O/c1-5-14(2,3)13-9-8-11-12(16)7-6-10-15(11,13)4/h11-13,16H,5-10H2,1-4H3/t11?,12-,13?,15-/m0/s1. The third-order valence-corrected chi connectivity index (χ3v) is 5.94. The second-order valence-corrected chi connectivity index (χ2v) is 7.04. The van der Waals surface area contributed by atoms with Crippen LogP contribution in [0.5, 0.6) is 0 Å². The number of aliphatic hydroxyl groups is 1. The van der Waals surface area contributed by atoms with E-state index in [1.54, 1.807) is 0 Å². The molecule has 0 aromatic carbocycles. The summed E-state index contributed by atoms with van der Waals surface area (Å²) in [6, 6.07) is 0. The Bertz CT molecular complexity index is 258. The highest BCUT2D eigenvalue weighted by Crippen LogP contribution is 2.61. The molecule has 0 heterocycles. The van der Waals surface area contributed by atoms with E-state index in [0.717, 1.165) is 12.3 Å². The number of aliphatic hydroxyl groups excluding tert-OH is 1. The van der Waals surface area contributed by atoms with Gasteiger partial charge < -0.3 is 5.11 Å². The molecule has 94 valence electrons. The first-order valence-corrected chi connectivity index (χ1v) is 7.10. The van der Waals surface area contributed by atoms with Crippen LogP contribution in [0.4, 0.5) is 0 Å². The van der Waals surface area contributed by atoms with Crippen molar-refractivity contribution in [3.05, 3.63) is 0 Å². The highest BCUT2D eigenvalue weighted by atomic mass is 16.3. The summed E-state index contributed by atoms with van der Waals surface area (Å²) >= 11 is 0. The topological polar surface area (TPSA) is 20.2 Å². The van der Waals surface area contributed by atoms with Gasteiger partial charge >= 0.3 is 0 Å². The summed E-state index contributed by atoms with van der Waals surface area (Å²) in [4.78, 5) is 0. The molecule has 2 aliphatic rings. The van der Waals surface area contributed by atoms with E-state index in [9.17, 15) is 5.11 Å². The van der Waals surface area contributed by atoms with Crippen molar-refractivity contribution in [1.82, 2.24) is 0 Å². The van der Waals surface area contributed by atoms with Gasteiger partial charge in [0.25, 0.3) is 0 Å². The summed E-state index contributed by atoms with van der Waals surface area (Å²) in [5.74, 6) is 1.39. The number of rotatable bonds is 2. The van der Waals surface area contributed by atoms with Gasteiger partial charge in [0.2, 0.25) is 0 Å². The Labute approximate surface area is 101 Å². The van der Waals surface area contributed by atoms with E-state index in [0.29, 0.717) is 16.7 Å². The van der Waals surface area contributed by atoms with Crippen LogP contribution >= 0.6 is 0 Å². The molecular weight excluding hydrogens is 196 g/mol. The van der Waals surface area contributed by atoms with Gasteiger partial charge in [-0.1, -0.05) is 40.5 Å². The lowest BCUT2D eigenvalue weighted by molar-refractivity contribution is -0.0438. The molecule has 0 aromatic heterocycles. The average Bonchev–Trinajstić information content (AvgIpc) is 2.57. The van der Waals surface area contributed by atoms with Crippen LogP contribution in [0, 0.1) is 22.7 Å². The first-order valence-electron chi connectivity index (χ1n) is 7.10. The van der Waals surface area contributed by atoms with Crippen molar-refractivity contribution in [3.63, 3.8) is 0 Å². The minimum atomic E-state index is -0.0172. The summed E-state index contributed by atoms with van der Waals surface area (Å²) in [6.07, 6.45) is 7.43. The van der Waals surface area contributed by atoms with Gasteiger partial charge in [0.15, 0.2) is 0 Å². The molecule has 0 saturated heterocycles. The number of hydrogen-bond acceptors (Lipinski definition) is 1. The lowest BCUT2D eigenvalue weighted by atomic mass is 9.57. The maximum Gasteiger partial charge on any atom is 0.0573 e. The third kappa shape index (κ3) is 1.72. The Balaban J connectivity index is 2.24. The van der Waals surface area contributed by atoms with E-state index in [1.807, 2.05) is 0 Å². The van der Waals surface area contributed by atoms with Gasteiger partial charge in [-0.2, -0.15) is 0 Å². The average molecular weight is 224 g/mol. The molecule has 1 heteroatoms. The quantitative estimate of drug-likeness (QED) is 0.751. The third-order valence-electron chi connectivity index (χ3n) is 5.94. The minimum absolute atomic E-state index is 0.0172. The van der Waals surface area contributed by atoms with Gasteiger partial charge in [0, 0.05) is 0 Å². The Kier molecular flexibility index (Phi) is 3.11. The Morgan fingerprint density at radius 1 is 1.25 bits per heavy atom. The summed E-state index contributed by atoms with van der Waals surface area (Å²) in [5, 5.41) is 10.2. The maximum atomic E-state index is 10.2. The van der Waals surface area contributed by atoms with Crippen LogP contribution in [0.15, 0.2) is 0 Å². The molecule has 0 amide bonds. The van der Waals surface area contributed by atoms with Gasteiger partial charge in [0.05, 0.1) is 6.10 Å². The van der Waals surface area contributed by atoms with E-state index in [1.165, 1.54) is 32.1 Å². The van der Waals surface area contributed by atoms with Crippen LogP contribution in [-0.2, 0) is 0 Å². The van der Waals surface area contributed by atoms with Crippen LogP contribution in [0.1, 0.15) is 66.2 Å². The van der Waals surface area contributed by atoms with E-state index in [4.69, 9.17) is 0 Å². The van der Waals surface area contributed by atoms with Gasteiger partial charge in [-0.05, 0) is 48.3 Å². The van der Waals surface area contributed by atoms with Crippen LogP contribution in [-0.4, -0.2) is 11.2 Å². The molecule has 0 aliphatic heterocycles.